The highest BCUT2D eigenvalue weighted by Crippen LogP contribution is 2.27. The summed E-state index contributed by atoms with van der Waals surface area (Å²) in [7, 11) is 3.14. The van der Waals surface area contributed by atoms with Gasteiger partial charge in [-0.2, -0.15) is 0 Å². The molecule has 0 spiro atoms. The Balaban J connectivity index is 3.17. The van der Waals surface area contributed by atoms with Crippen LogP contribution >= 0.6 is 0 Å². The number of nitro benzene ring substituents is 1. The number of urea groups is 1. The Hall–Kier alpha value is -2.11. The van der Waals surface area contributed by atoms with Crippen LogP contribution in [0.1, 0.15) is 11.1 Å². The van der Waals surface area contributed by atoms with E-state index in [1.54, 1.807) is 27.1 Å². The van der Waals surface area contributed by atoms with Gasteiger partial charge in [0, 0.05) is 20.2 Å². The quantitative estimate of drug-likeness (QED) is 0.633. The number of benzene rings is 1. The molecule has 6 heteroatoms. The summed E-state index contributed by atoms with van der Waals surface area (Å²) in [6.07, 6.45) is 0. The first-order valence-electron chi connectivity index (χ1n) is 5.07. The Morgan fingerprint density at radius 3 is 2.29 bits per heavy atom. The fourth-order valence-corrected chi connectivity index (χ4v) is 1.28. The lowest BCUT2D eigenvalue weighted by Crippen LogP contribution is -2.27. The third kappa shape index (κ3) is 2.93. The number of carbonyl (C=O) groups is 1. The van der Waals surface area contributed by atoms with Gasteiger partial charge >= 0.3 is 6.03 Å². The number of hydrogen-bond donors (Lipinski definition) is 1. The van der Waals surface area contributed by atoms with Gasteiger partial charge < -0.3 is 10.2 Å². The van der Waals surface area contributed by atoms with Gasteiger partial charge in [-0.25, -0.2) is 4.79 Å². The lowest BCUT2D eigenvalue weighted by Gasteiger charge is -2.13. The fourth-order valence-electron chi connectivity index (χ4n) is 1.28. The first-order valence-corrected chi connectivity index (χ1v) is 5.07. The van der Waals surface area contributed by atoms with Crippen molar-refractivity contribution in [2.75, 3.05) is 19.4 Å². The predicted molar refractivity (Wildman–Crippen MR) is 65.3 cm³/mol. The molecule has 0 aliphatic carbocycles. The third-order valence-electron chi connectivity index (χ3n) is 2.46. The highest BCUT2D eigenvalue weighted by atomic mass is 16.6. The molecule has 0 bridgehead atoms. The fraction of sp³-hybridized carbons (Fsp3) is 0.364. The molecule has 0 atom stereocenters. The summed E-state index contributed by atoms with van der Waals surface area (Å²) in [6, 6.07) is 2.67. The third-order valence-corrected chi connectivity index (χ3v) is 2.46. The first-order chi connectivity index (χ1) is 7.82. The topological polar surface area (TPSA) is 75.5 Å². The Kier molecular flexibility index (Phi) is 3.67. The molecular weight excluding hydrogens is 222 g/mol. The maximum Gasteiger partial charge on any atom is 0.321 e. The summed E-state index contributed by atoms with van der Waals surface area (Å²) in [5.41, 5.74) is 1.84. The number of aryl methyl sites for hydroxylation is 2. The van der Waals surface area contributed by atoms with E-state index in [2.05, 4.69) is 5.32 Å². The van der Waals surface area contributed by atoms with Crippen LogP contribution in [-0.4, -0.2) is 29.9 Å². The van der Waals surface area contributed by atoms with Gasteiger partial charge in [-0.3, -0.25) is 10.1 Å². The van der Waals surface area contributed by atoms with Gasteiger partial charge in [-0.05, 0) is 31.0 Å². The van der Waals surface area contributed by atoms with Crippen LogP contribution in [0.2, 0.25) is 0 Å². The second kappa shape index (κ2) is 4.82. The molecule has 1 rings (SSSR count). The second-order valence-electron chi connectivity index (χ2n) is 4.04. The van der Waals surface area contributed by atoms with Gasteiger partial charge in [-0.15, -0.1) is 0 Å². The van der Waals surface area contributed by atoms with Gasteiger partial charge in [0.05, 0.1) is 4.92 Å². The van der Waals surface area contributed by atoms with Crippen LogP contribution in [0.5, 0.6) is 0 Å². The Morgan fingerprint density at radius 1 is 1.29 bits per heavy atom. The number of amides is 2. The van der Waals surface area contributed by atoms with Crippen LogP contribution in [0.4, 0.5) is 16.2 Å². The Labute approximate surface area is 99.4 Å². The molecule has 0 aliphatic rings. The maximum absolute atomic E-state index is 11.5. The minimum absolute atomic E-state index is 0.0942. The van der Waals surface area contributed by atoms with E-state index in [-0.39, 0.29) is 11.4 Å². The lowest BCUT2D eigenvalue weighted by molar-refractivity contribution is -0.384. The zero-order valence-corrected chi connectivity index (χ0v) is 10.3. The molecule has 17 heavy (non-hydrogen) atoms. The molecule has 0 saturated carbocycles. The molecule has 1 aromatic rings. The Bertz CT molecular complexity index is 469. The molecule has 0 aliphatic heterocycles. The second-order valence-corrected chi connectivity index (χ2v) is 4.04. The van der Waals surface area contributed by atoms with Crippen molar-refractivity contribution in [3.63, 3.8) is 0 Å². The summed E-state index contributed by atoms with van der Waals surface area (Å²) in [5, 5.41) is 13.4. The van der Waals surface area contributed by atoms with Crippen molar-refractivity contribution < 1.29 is 9.72 Å². The number of rotatable bonds is 2. The summed E-state index contributed by atoms with van der Waals surface area (Å²) in [6.45, 7) is 3.63. The van der Waals surface area contributed by atoms with Gasteiger partial charge in [0.25, 0.3) is 5.69 Å². The molecular formula is C11H15N3O3. The van der Waals surface area contributed by atoms with Crippen LogP contribution in [0, 0.1) is 24.0 Å². The maximum atomic E-state index is 11.5. The molecule has 92 valence electrons. The first kappa shape index (κ1) is 13.0. The van der Waals surface area contributed by atoms with Crippen LogP contribution in [0.15, 0.2) is 12.1 Å². The number of carbonyl (C=O) groups excluding carboxylic acids is 1. The molecule has 2 amide bonds. The molecule has 6 nitrogen and oxygen atoms in total. The molecule has 0 radical (unpaired) electrons. The number of hydrogen-bond acceptors (Lipinski definition) is 3. The lowest BCUT2D eigenvalue weighted by atomic mass is 10.1. The van der Waals surface area contributed by atoms with Crippen molar-refractivity contribution in [1.82, 2.24) is 4.90 Å². The number of nitro groups is 1. The molecule has 0 saturated heterocycles. The van der Waals surface area contributed by atoms with Gasteiger partial charge in [0.2, 0.25) is 0 Å². The standard InChI is InChI=1S/C11H15N3O3/c1-7-5-9(12-11(15)13(3)4)10(14(16)17)6-8(7)2/h5-6H,1-4H3,(H,12,15). The van der Waals surface area contributed by atoms with E-state index in [1.165, 1.54) is 11.0 Å². The number of nitrogens with one attached hydrogen (secondary N) is 1. The number of anilines is 1. The summed E-state index contributed by atoms with van der Waals surface area (Å²) < 4.78 is 0. The number of nitrogens with zero attached hydrogens (tertiary/aromatic N) is 2. The van der Waals surface area contributed by atoms with E-state index in [0.717, 1.165) is 11.1 Å². The van der Waals surface area contributed by atoms with Crippen molar-refractivity contribution in [1.29, 1.82) is 0 Å². The van der Waals surface area contributed by atoms with Gasteiger partial charge in [0.15, 0.2) is 0 Å². The summed E-state index contributed by atoms with van der Waals surface area (Å²) >= 11 is 0. The van der Waals surface area contributed by atoms with E-state index in [1.807, 2.05) is 6.92 Å². The summed E-state index contributed by atoms with van der Waals surface area (Å²) in [5.74, 6) is 0. The van der Waals surface area contributed by atoms with E-state index >= 15 is 0 Å². The van der Waals surface area contributed by atoms with E-state index < -0.39 is 11.0 Å². The summed E-state index contributed by atoms with van der Waals surface area (Å²) in [4.78, 5) is 23.2. The molecule has 0 aromatic heterocycles. The SMILES string of the molecule is Cc1cc(NC(=O)N(C)C)c([N+](=O)[O-])cc1C. The predicted octanol–water partition coefficient (Wildman–Crippen LogP) is 2.31. The molecule has 1 N–H and O–H groups in total. The van der Waals surface area contributed by atoms with Crippen LogP contribution in [-0.2, 0) is 0 Å². The smallest absolute Gasteiger partial charge is 0.321 e. The van der Waals surface area contributed by atoms with Crippen molar-refractivity contribution >= 4 is 17.4 Å². The zero-order valence-electron chi connectivity index (χ0n) is 10.3. The minimum atomic E-state index is -0.502. The van der Waals surface area contributed by atoms with Crippen molar-refractivity contribution in [3.8, 4) is 0 Å². The monoisotopic (exact) mass is 237 g/mol. The molecule has 0 unspecified atom stereocenters. The van der Waals surface area contributed by atoms with Crippen LogP contribution in [0.25, 0.3) is 0 Å². The van der Waals surface area contributed by atoms with Crippen molar-refractivity contribution in [2.24, 2.45) is 0 Å². The van der Waals surface area contributed by atoms with Crippen LogP contribution in [0.3, 0.4) is 0 Å². The van der Waals surface area contributed by atoms with Crippen LogP contribution < -0.4 is 5.32 Å². The van der Waals surface area contributed by atoms with Gasteiger partial charge in [0.1, 0.15) is 5.69 Å². The molecule has 0 heterocycles. The highest BCUT2D eigenvalue weighted by Gasteiger charge is 2.17. The molecule has 0 fully saturated rings. The van der Waals surface area contributed by atoms with Gasteiger partial charge in [-0.1, -0.05) is 0 Å². The largest absolute Gasteiger partial charge is 0.331 e. The normalized spacial score (nSPS) is 9.88. The molecule has 1 aromatic carbocycles. The highest BCUT2D eigenvalue weighted by molar-refractivity contribution is 5.91. The zero-order chi connectivity index (χ0) is 13.2. The average Bonchev–Trinajstić information content (AvgIpc) is 2.22. The minimum Gasteiger partial charge on any atom is -0.331 e. The van der Waals surface area contributed by atoms with E-state index in [4.69, 9.17) is 0 Å². The van der Waals surface area contributed by atoms with Crippen molar-refractivity contribution in [3.05, 3.63) is 33.4 Å². The van der Waals surface area contributed by atoms with E-state index in [9.17, 15) is 14.9 Å². The van der Waals surface area contributed by atoms with E-state index in [0.29, 0.717) is 0 Å². The van der Waals surface area contributed by atoms with Crippen molar-refractivity contribution in [2.45, 2.75) is 13.8 Å². The average molecular weight is 237 g/mol. The Morgan fingerprint density at radius 2 is 1.82 bits per heavy atom.